The molecule has 3 rings (SSSR count). The summed E-state index contributed by atoms with van der Waals surface area (Å²) in [4.78, 5) is 12.1. The van der Waals surface area contributed by atoms with Crippen molar-refractivity contribution < 1.29 is 17.9 Å². The van der Waals surface area contributed by atoms with E-state index in [1.54, 1.807) is 6.07 Å². The SMILES string of the molecule is Cc1cccc(OCCNC(=O)CCCN(c2ccc3ccccc3c2)S(C)(=O)=O)c1. The Balaban J connectivity index is 1.48. The van der Waals surface area contributed by atoms with E-state index in [4.69, 9.17) is 4.74 Å². The Morgan fingerprint density at radius 3 is 2.52 bits per heavy atom. The number of ether oxygens (including phenoxy) is 1. The van der Waals surface area contributed by atoms with E-state index in [0.29, 0.717) is 25.3 Å². The smallest absolute Gasteiger partial charge is 0.232 e. The van der Waals surface area contributed by atoms with Gasteiger partial charge < -0.3 is 10.1 Å². The molecule has 1 N–H and O–H groups in total. The van der Waals surface area contributed by atoms with Gasteiger partial charge in [0.15, 0.2) is 0 Å². The first-order valence-electron chi connectivity index (χ1n) is 10.3. The van der Waals surface area contributed by atoms with Crippen LogP contribution in [0.3, 0.4) is 0 Å². The van der Waals surface area contributed by atoms with E-state index in [-0.39, 0.29) is 18.9 Å². The van der Waals surface area contributed by atoms with Crippen molar-refractivity contribution in [3.63, 3.8) is 0 Å². The summed E-state index contributed by atoms with van der Waals surface area (Å²) in [6, 6.07) is 21.1. The number of fused-ring (bicyclic) bond motifs is 1. The number of nitrogens with one attached hydrogen (secondary N) is 1. The Labute approximate surface area is 183 Å². The van der Waals surface area contributed by atoms with E-state index in [1.807, 2.05) is 67.6 Å². The first-order chi connectivity index (χ1) is 14.8. The van der Waals surface area contributed by atoms with Crippen LogP contribution in [0.1, 0.15) is 18.4 Å². The van der Waals surface area contributed by atoms with Crippen LogP contribution in [-0.4, -0.2) is 40.3 Å². The molecule has 0 saturated carbocycles. The molecule has 164 valence electrons. The van der Waals surface area contributed by atoms with Crippen molar-refractivity contribution in [2.75, 3.05) is 30.3 Å². The van der Waals surface area contributed by atoms with Crippen molar-refractivity contribution in [1.29, 1.82) is 0 Å². The molecule has 0 aliphatic heterocycles. The molecule has 0 heterocycles. The average Bonchev–Trinajstić information content (AvgIpc) is 2.73. The molecule has 1 amide bonds. The van der Waals surface area contributed by atoms with Crippen LogP contribution in [0.2, 0.25) is 0 Å². The zero-order chi connectivity index (χ0) is 22.3. The molecular formula is C24H28N2O4S. The van der Waals surface area contributed by atoms with Crippen molar-refractivity contribution in [2.24, 2.45) is 0 Å². The Morgan fingerprint density at radius 2 is 1.77 bits per heavy atom. The second kappa shape index (κ2) is 10.3. The van der Waals surface area contributed by atoms with Gasteiger partial charge in [-0.2, -0.15) is 0 Å². The number of nitrogens with zero attached hydrogens (tertiary/aromatic N) is 1. The van der Waals surface area contributed by atoms with E-state index < -0.39 is 10.0 Å². The maximum absolute atomic E-state index is 12.3. The van der Waals surface area contributed by atoms with Gasteiger partial charge in [0, 0.05) is 13.0 Å². The van der Waals surface area contributed by atoms with Gasteiger partial charge in [0.2, 0.25) is 15.9 Å². The third-order valence-electron chi connectivity index (χ3n) is 4.87. The molecule has 0 aromatic heterocycles. The summed E-state index contributed by atoms with van der Waals surface area (Å²) in [5.74, 6) is 0.647. The standard InChI is InChI=1S/C24H28N2O4S/c1-19-7-5-10-23(17-19)30-16-14-25-24(27)11-6-15-26(31(2,28)29)22-13-12-20-8-3-4-9-21(20)18-22/h3-5,7-10,12-13,17-18H,6,11,14-16H2,1-2H3,(H,25,27). The fourth-order valence-electron chi connectivity index (χ4n) is 3.35. The monoisotopic (exact) mass is 440 g/mol. The number of carbonyl (C=O) groups excluding carboxylic acids is 1. The number of aryl methyl sites for hydroxylation is 1. The topological polar surface area (TPSA) is 75.7 Å². The van der Waals surface area contributed by atoms with Crippen LogP contribution in [0.5, 0.6) is 5.75 Å². The number of carbonyl (C=O) groups is 1. The van der Waals surface area contributed by atoms with E-state index in [2.05, 4.69) is 5.32 Å². The summed E-state index contributed by atoms with van der Waals surface area (Å²) in [5, 5.41) is 4.83. The fourth-order valence-corrected chi connectivity index (χ4v) is 4.31. The fraction of sp³-hybridized carbons (Fsp3) is 0.292. The second-order valence-electron chi connectivity index (χ2n) is 7.49. The third-order valence-corrected chi connectivity index (χ3v) is 6.06. The third kappa shape index (κ3) is 6.72. The van der Waals surface area contributed by atoms with Crippen LogP contribution in [-0.2, 0) is 14.8 Å². The number of anilines is 1. The molecule has 0 unspecified atom stereocenters. The van der Waals surface area contributed by atoms with Gasteiger partial charge in [0.1, 0.15) is 12.4 Å². The van der Waals surface area contributed by atoms with Crippen LogP contribution in [0.15, 0.2) is 66.7 Å². The lowest BCUT2D eigenvalue weighted by atomic mass is 10.1. The van der Waals surface area contributed by atoms with Gasteiger partial charge in [-0.3, -0.25) is 9.10 Å². The molecule has 0 spiro atoms. The van der Waals surface area contributed by atoms with Crippen LogP contribution >= 0.6 is 0 Å². The van der Waals surface area contributed by atoms with E-state index in [9.17, 15) is 13.2 Å². The minimum Gasteiger partial charge on any atom is -0.492 e. The summed E-state index contributed by atoms with van der Waals surface area (Å²) in [6.45, 7) is 3.01. The van der Waals surface area contributed by atoms with E-state index >= 15 is 0 Å². The van der Waals surface area contributed by atoms with E-state index in [0.717, 1.165) is 22.1 Å². The largest absolute Gasteiger partial charge is 0.492 e. The average molecular weight is 441 g/mol. The van der Waals surface area contributed by atoms with Gasteiger partial charge >= 0.3 is 0 Å². The molecule has 6 nitrogen and oxygen atoms in total. The van der Waals surface area contributed by atoms with Gasteiger partial charge in [0.25, 0.3) is 0 Å². The van der Waals surface area contributed by atoms with Gasteiger partial charge in [-0.25, -0.2) is 8.42 Å². The molecule has 0 saturated heterocycles. The minimum atomic E-state index is -3.46. The van der Waals surface area contributed by atoms with Gasteiger partial charge in [-0.05, 0) is 53.9 Å². The Kier molecular flexibility index (Phi) is 7.52. The second-order valence-corrected chi connectivity index (χ2v) is 9.39. The van der Waals surface area contributed by atoms with Crippen LogP contribution < -0.4 is 14.4 Å². The summed E-state index contributed by atoms with van der Waals surface area (Å²) < 4.78 is 31.6. The lowest BCUT2D eigenvalue weighted by Gasteiger charge is -2.22. The molecule has 0 radical (unpaired) electrons. The molecule has 0 fully saturated rings. The maximum Gasteiger partial charge on any atom is 0.232 e. The lowest BCUT2D eigenvalue weighted by Crippen LogP contribution is -2.32. The van der Waals surface area contributed by atoms with Gasteiger partial charge in [0.05, 0.1) is 18.5 Å². The predicted molar refractivity (Wildman–Crippen MR) is 125 cm³/mol. The summed E-state index contributed by atoms with van der Waals surface area (Å²) >= 11 is 0. The number of hydrogen-bond donors (Lipinski definition) is 1. The first kappa shape index (κ1) is 22.6. The zero-order valence-electron chi connectivity index (χ0n) is 17.9. The maximum atomic E-state index is 12.3. The highest BCUT2D eigenvalue weighted by Gasteiger charge is 2.18. The quantitative estimate of drug-likeness (QED) is 0.485. The van der Waals surface area contributed by atoms with Crippen molar-refractivity contribution in [2.45, 2.75) is 19.8 Å². The Bertz CT molecular complexity index is 1150. The molecule has 7 heteroatoms. The van der Waals surface area contributed by atoms with Gasteiger partial charge in [-0.1, -0.05) is 42.5 Å². The summed E-state index contributed by atoms with van der Waals surface area (Å²) in [5.41, 5.74) is 1.72. The highest BCUT2D eigenvalue weighted by atomic mass is 32.2. The lowest BCUT2D eigenvalue weighted by molar-refractivity contribution is -0.121. The molecular weight excluding hydrogens is 412 g/mol. The molecule has 3 aromatic carbocycles. The van der Waals surface area contributed by atoms with Crippen molar-refractivity contribution in [3.8, 4) is 5.75 Å². The highest BCUT2D eigenvalue weighted by Crippen LogP contribution is 2.24. The van der Waals surface area contributed by atoms with Crippen LogP contribution in [0.4, 0.5) is 5.69 Å². The number of amides is 1. The Morgan fingerprint density at radius 1 is 1.00 bits per heavy atom. The molecule has 0 bridgehead atoms. The number of hydrogen-bond acceptors (Lipinski definition) is 4. The molecule has 0 aliphatic rings. The minimum absolute atomic E-state index is 0.125. The number of sulfonamides is 1. The summed E-state index contributed by atoms with van der Waals surface area (Å²) in [6.07, 6.45) is 1.85. The Hall–Kier alpha value is -3.06. The molecule has 3 aromatic rings. The number of benzene rings is 3. The van der Waals surface area contributed by atoms with E-state index in [1.165, 1.54) is 10.6 Å². The molecule has 0 atom stereocenters. The summed E-state index contributed by atoms with van der Waals surface area (Å²) in [7, 11) is -3.46. The van der Waals surface area contributed by atoms with Crippen molar-refractivity contribution in [3.05, 3.63) is 72.3 Å². The molecule has 0 aliphatic carbocycles. The first-order valence-corrected chi connectivity index (χ1v) is 12.1. The van der Waals surface area contributed by atoms with Crippen molar-refractivity contribution in [1.82, 2.24) is 5.32 Å². The van der Waals surface area contributed by atoms with Gasteiger partial charge in [-0.15, -0.1) is 0 Å². The zero-order valence-corrected chi connectivity index (χ0v) is 18.7. The van der Waals surface area contributed by atoms with Crippen LogP contribution in [0, 0.1) is 6.92 Å². The molecule has 31 heavy (non-hydrogen) atoms. The normalized spacial score (nSPS) is 11.3. The van der Waals surface area contributed by atoms with Crippen molar-refractivity contribution >= 4 is 32.4 Å². The predicted octanol–water partition coefficient (Wildman–Crippen LogP) is 3.89. The number of rotatable bonds is 10. The van der Waals surface area contributed by atoms with Crippen LogP contribution in [0.25, 0.3) is 10.8 Å². The highest BCUT2D eigenvalue weighted by molar-refractivity contribution is 7.92.